The van der Waals surface area contributed by atoms with E-state index in [1.54, 1.807) is 0 Å². The average molecular weight is 290 g/mol. The van der Waals surface area contributed by atoms with Gasteiger partial charge in [-0.3, -0.25) is 0 Å². The molecule has 20 heavy (non-hydrogen) atoms. The fourth-order valence-corrected chi connectivity index (χ4v) is 1.72. The number of nitrogen functional groups attached to an aromatic ring is 1. The molecule has 0 fully saturated rings. The minimum absolute atomic E-state index is 0.00544. The predicted octanol–water partition coefficient (Wildman–Crippen LogP) is 0.364. The van der Waals surface area contributed by atoms with Crippen molar-refractivity contribution in [2.45, 2.75) is 20.3 Å². The first-order chi connectivity index (χ1) is 9.51. The molecule has 1 rings (SSSR count). The second-order valence-electron chi connectivity index (χ2n) is 4.03. The van der Waals surface area contributed by atoms with Crippen LogP contribution in [0.15, 0.2) is 0 Å². The molecule has 0 bridgehead atoms. The molecule has 0 unspecified atom stereocenters. The Morgan fingerprint density at radius 1 is 1.10 bits per heavy atom. The number of aliphatic hydroxyl groups is 1. The molecule has 0 aromatic carbocycles. The van der Waals surface area contributed by atoms with Crippen molar-refractivity contribution in [1.29, 1.82) is 0 Å². The van der Waals surface area contributed by atoms with Gasteiger partial charge in [-0.1, -0.05) is 0 Å². The summed E-state index contributed by atoms with van der Waals surface area (Å²) in [4.78, 5) is 15.0. The lowest BCUT2D eigenvalue weighted by atomic mass is 10.5. The fraction of sp³-hybridized carbons (Fsp3) is 0.727. The first-order valence-corrected chi connectivity index (χ1v) is 6.42. The maximum absolute atomic E-state index is 12.5. The maximum Gasteiger partial charge on any atom is 0.255 e. The van der Waals surface area contributed by atoms with E-state index in [-0.39, 0.29) is 25.0 Å². The smallest absolute Gasteiger partial charge is 0.255 e. The predicted molar refractivity (Wildman–Crippen MR) is 73.1 cm³/mol. The van der Waals surface area contributed by atoms with Crippen molar-refractivity contribution in [3.63, 3.8) is 0 Å². The molecule has 0 aliphatic heterocycles. The van der Waals surface area contributed by atoms with Crippen LogP contribution in [0.3, 0.4) is 0 Å². The molecular weight excluding hydrogens is 270 g/mol. The SMILES string of the molecule is CCN(CC)c1nc(N)nc(N(CCO)CC(F)F)n1. The van der Waals surface area contributed by atoms with Crippen molar-refractivity contribution in [3.8, 4) is 0 Å². The number of hydrogen-bond acceptors (Lipinski definition) is 7. The summed E-state index contributed by atoms with van der Waals surface area (Å²) in [6.45, 7) is 4.33. The maximum atomic E-state index is 12.5. The van der Waals surface area contributed by atoms with Crippen LogP contribution < -0.4 is 15.5 Å². The van der Waals surface area contributed by atoms with Crippen LogP contribution >= 0.6 is 0 Å². The molecule has 0 amide bonds. The number of anilines is 3. The Balaban J connectivity index is 3.08. The summed E-state index contributed by atoms with van der Waals surface area (Å²) in [5, 5.41) is 8.95. The normalized spacial score (nSPS) is 10.9. The van der Waals surface area contributed by atoms with Gasteiger partial charge in [0.25, 0.3) is 6.43 Å². The number of nitrogens with zero attached hydrogens (tertiary/aromatic N) is 5. The van der Waals surface area contributed by atoms with Gasteiger partial charge in [0, 0.05) is 19.6 Å². The number of rotatable bonds is 8. The lowest BCUT2D eigenvalue weighted by Gasteiger charge is -2.24. The Labute approximate surface area is 116 Å². The topological polar surface area (TPSA) is 91.4 Å². The molecule has 7 nitrogen and oxygen atoms in total. The van der Waals surface area contributed by atoms with Crippen LogP contribution in [0.4, 0.5) is 26.6 Å². The zero-order chi connectivity index (χ0) is 15.1. The summed E-state index contributed by atoms with van der Waals surface area (Å²) >= 11 is 0. The van der Waals surface area contributed by atoms with E-state index in [9.17, 15) is 8.78 Å². The molecule has 3 N–H and O–H groups in total. The highest BCUT2D eigenvalue weighted by molar-refractivity contribution is 5.43. The largest absolute Gasteiger partial charge is 0.395 e. The number of aliphatic hydroxyl groups excluding tert-OH is 1. The van der Waals surface area contributed by atoms with E-state index in [0.717, 1.165) is 0 Å². The second kappa shape index (κ2) is 7.73. The summed E-state index contributed by atoms with van der Waals surface area (Å²) in [6, 6.07) is 0. The highest BCUT2D eigenvalue weighted by Gasteiger charge is 2.18. The average Bonchev–Trinajstić information content (AvgIpc) is 2.38. The molecule has 0 aliphatic rings. The minimum atomic E-state index is -2.56. The Kier molecular flexibility index (Phi) is 6.29. The molecule has 0 aliphatic carbocycles. The van der Waals surface area contributed by atoms with E-state index >= 15 is 0 Å². The lowest BCUT2D eigenvalue weighted by molar-refractivity contribution is 0.152. The molecular formula is C11H20F2N6O. The van der Waals surface area contributed by atoms with Crippen molar-refractivity contribution in [2.75, 3.05) is 48.3 Å². The van der Waals surface area contributed by atoms with Crippen LogP contribution in [0.1, 0.15) is 13.8 Å². The molecule has 9 heteroatoms. The third-order valence-electron chi connectivity index (χ3n) is 2.69. The Morgan fingerprint density at radius 3 is 2.10 bits per heavy atom. The molecule has 1 heterocycles. The molecule has 1 aromatic heterocycles. The molecule has 114 valence electrons. The fourth-order valence-electron chi connectivity index (χ4n) is 1.72. The van der Waals surface area contributed by atoms with Crippen molar-refractivity contribution in [3.05, 3.63) is 0 Å². The van der Waals surface area contributed by atoms with Crippen LogP contribution in [-0.2, 0) is 0 Å². The van der Waals surface area contributed by atoms with Gasteiger partial charge < -0.3 is 20.6 Å². The molecule has 0 radical (unpaired) electrons. The second-order valence-corrected chi connectivity index (χ2v) is 4.03. The van der Waals surface area contributed by atoms with Crippen molar-refractivity contribution < 1.29 is 13.9 Å². The highest BCUT2D eigenvalue weighted by Crippen LogP contribution is 2.16. The first-order valence-electron chi connectivity index (χ1n) is 6.42. The van der Waals surface area contributed by atoms with Crippen molar-refractivity contribution in [2.24, 2.45) is 0 Å². The van der Waals surface area contributed by atoms with Crippen LogP contribution in [0, 0.1) is 0 Å². The zero-order valence-corrected chi connectivity index (χ0v) is 11.6. The van der Waals surface area contributed by atoms with Crippen LogP contribution in [0.2, 0.25) is 0 Å². The van der Waals surface area contributed by atoms with Crippen molar-refractivity contribution >= 4 is 17.8 Å². The van der Waals surface area contributed by atoms with E-state index in [0.29, 0.717) is 19.0 Å². The van der Waals surface area contributed by atoms with Gasteiger partial charge in [-0.25, -0.2) is 8.78 Å². The molecule has 0 spiro atoms. The quantitative estimate of drug-likeness (QED) is 0.714. The lowest BCUT2D eigenvalue weighted by Crippen LogP contribution is -2.34. The van der Waals surface area contributed by atoms with Crippen LogP contribution in [0.5, 0.6) is 0 Å². The number of hydrogen-bond donors (Lipinski definition) is 2. The van der Waals surface area contributed by atoms with Gasteiger partial charge in [0.15, 0.2) is 0 Å². The molecule has 0 saturated carbocycles. The summed E-state index contributed by atoms with van der Waals surface area (Å²) in [7, 11) is 0. The monoisotopic (exact) mass is 290 g/mol. The summed E-state index contributed by atoms with van der Waals surface area (Å²) in [5.74, 6) is 0.359. The zero-order valence-electron chi connectivity index (χ0n) is 11.6. The molecule has 1 aromatic rings. The van der Waals surface area contributed by atoms with Gasteiger partial charge in [0.1, 0.15) is 0 Å². The minimum Gasteiger partial charge on any atom is -0.395 e. The Morgan fingerprint density at radius 2 is 1.65 bits per heavy atom. The van der Waals surface area contributed by atoms with Crippen molar-refractivity contribution in [1.82, 2.24) is 15.0 Å². The third kappa shape index (κ3) is 4.41. The number of alkyl halides is 2. The van der Waals surface area contributed by atoms with Crippen LogP contribution in [0.25, 0.3) is 0 Å². The van der Waals surface area contributed by atoms with E-state index < -0.39 is 13.0 Å². The summed E-state index contributed by atoms with van der Waals surface area (Å²) < 4.78 is 25.1. The summed E-state index contributed by atoms with van der Waals surface area (Å²) in [5.41, 5.74) is 5.61. The van der Waals surface area contributed by atoms with E-state index in [2.05, 4.69) is 15.0 Å². The van der Waals surface area contributed by atoms with Gasteiger partial charge in [0.2, 0.25) is 17.8 Å². The van der Waals surface area contributed by atoms with Gasteiger partial charge >= 0.3 is 0 Å². The number of nitrogens with two attached hydrogens (primary N) is 1. The Hall–Kier alpha value is -1.77. The van der Waals surface area contributed by atoms with Gasteiger partial charge in [-0.2, -0.15) is 15.0 Å². The van der Waals surface area contributed by atoms with E-state index in [1.807, 2.05) is 18.7 Å². The van der Waals surface area contributed by atoms with Gasteiger partial charge in [-0.05, 0) is 13.8 Å². The van der Waals surface area contributed by atoms with Crippen LogP contribution in [-0.4, -0.2) is 59.3 Å². The number of aromatic nitrogens is 3. The highest BCUT2D eigenvalue weighted by atomic mass is 19.3. The van der Waals surface area contributed by atoms with E-state index in [4.69, 9.17) is 10.8 Å². The third-order valence-corrected chi connectivity index (χ3v) is 2.69. The standard InChI is InChI=1S/C11H20F2N6O/c1-3-18(4-2)10-15-9(14)16-11(17-10)19(5-6-20)7-8(12)13/h8,20H,3-7H2,1-2H3,(H2,14,15,16,17). The van der Waals surface area contributed by atoms with Gasteiger partial charge in [0.05, 0.1) is 13.2 Å². The molecule has 0 saturated heterocycles. The Bertz CT molecular complexity index is 416. The molecule has 0 atom stereocenters. The van der Waals surface area contributed by atoms with E-state index in [1.165, 1.54) is 4.90 Å². The number of halogens is 2. The van der Waals surface area contributed by atoms with Gasteiger partial charge in [-0.15, -0.1) is 0 Å². The summed E-state index contributed by atoms with van der Waals surface area (Å²) in [6.07, 6.45) is -2.56. The first kappa shape index (κ1) is 16.3.